The molecule has 5 aromatic rings. The van der Waals surface area contributed by atoms with Crippen LogP contribution in [-0.4, -0.2) is 50.0 Å². The smallest absolute Gasteiger partial charge is 0.259 e. The average Bonchev–Trinajstić information content (AvgIpc) is 3.43. The van der Waals surface area contributed by atoms with E-state index in [0.717, 1.165) is 66.6 Å². The van der Waals surface area contributed by atoms with Crippen LogP contribution in [0.2, 0.25) is 0 Å². The van der Waals surface area contributed by atoms with Crippen molar-refractivity contribution in [1.82, 2.24) is 30.3 Å². The molecule has 1 atom stereocenters. The molecule has 1 N–H and O–H groups in total. The van der Waals surface area contributed by atoms with E-state index in [2.05, 4.69) is 44.9 Å². The molecule has 1 aliphatic heterocycles. The van der Waals surface area contributed by atoms with Gasteiger partial charge in [-0.25, -0.2) is 4.98 Å². The molecule has 1 saturated heterocycles. The first-order valence-electron chi connectivity index (χ1n) is 13.4. The second kappa shape index (κ2) is 11.1. The molecule has 0 spiro atoms. The highest BCUT2D eigenvalue weighted by molar-refractivity contribution is 6.11. The minimum atomic E-state index is -0.0449. The average molecular weight is 518 g/mol. The summed E-state index contributed by atoms with van der Waals surface area (Å²) in [6.45, 7) is 1.70. The van der Waals surface area contributed by atoms with Gasteiger partial charge in [0.15, 0.2) is 0 Å². The Labute approximate surface area is 227 Å². The van der Waals surface area contributed by atoms with Crippen molar-refractivity contribution in [3.8, 4) is 11.3 Å². The third kappa shape index (κ3) is 5.28. The highest BCUT2D eigenvalue weighted by Gasteiger charge is 2.30. The van der Waals surface area contributed by atoms with Crippen LogP contribution >= 0.6 is 0 Å². The van der Waals surface area contributed by atoms with Crippen LogP contribution in [0, 0.1) is 0 Å². The minimum Gasteiger partial charge on any atom is -0.315 e. The second-order valence-corrected chi connectivity index (χ2v) is 10.0. The van der Waals surface area contributed by atoms with Crippen LogP contribution in [0.15, 0.2) is 85.5 Å². The van der Waals surface area contributed by atoms with E-state index in [1.807, 2.05) is 66.9 Å². The van der Waals surface area contributed by atoms with Crippen molar-refractivity contribution in [2.45, 2.75) is 31.7 Å². The molecule has 4 heterocycles. The molecule has 6 rings (SSSR count). The van der Waals surface area contributed by atoms with E-state index in [4.69, 9.17) is 4.98 Å². The number of aromatic nitrogens is 5. The number of benzene rings is 2. The van der Waals surface area contributed by atoms with Crippen molar-refractivity contribution in [2.75, 3.05) is 18.0 Å². The van der Waals surface area contributed by atoms with Gasteiger partial charge in [-0.15, -0.1) is 5.10 Å². The van der Waals surface area contributed by atoms with Gasteiger partial charge in [0.25, 0.3) is 5.91 Å². The number of carbonyl (C=O) groups excluding carboxylic acids is 1. The second-order valence-electron chi connectivity index (χ2n) is 10.0. The van der Waals surface area contributed by atoms with E-state index < -0.39 is 0 Å². The van der Waals surface area contributed by atoms with Crippen LogP contribution < -0.4 is 10.2 Å². The molecular formula is C31H31N7O. The Hall–Kier alpha value is -4.43. The zero-order chi connectivity index (χ0) is 26.6. The van der Waals surface area contributed by atoms with Crippen LogP contribution in [0.4, 0.5) is 5.82 Å². The first-order chi connectivity index (χ1) is 19.2. The monoisotopic (exact) mass is 517 g/mol. The van der Waals surface area contributed by atoms with Crippen LogP contribution in [0.5, 0.6) is 0 Å². The lowest BCUT2D eigenvalue weighted by molar-refractivity contribution is 0.0972. The van der Waals surface area contributed by atoms with Gasteiger partial charge in [-0.05, 0) is 73.0 Å². The third-order valence-electron chi connectivity index (χ3n) is 7.38. The van der Waals surface area contributed by atoms with Crippen molar-refractivity contribution in [3.05, 3.63) is 102 Å². The summed E-state index contributed by atoms with van der Waals surface area (Å²) in [4.78, 5) is 25.3. The maximum atomic E-state index is 14.2. The number of piperidine rings is 1. The molecule has 3 aromatic heterocycles. The number of hydrogen-bond acceptors (Lipinski definition) is 6. The Morgan fingerprint density at radius 2 is 1.95 bits per heavy atom. The summed E-state index contributed by atoms with van der Waals surface area (Å²) in [5.41, 5.74) is 4.69. The Kier molecular flexibility index (Phi) is 7.10. The van der Waals surface area contributed by atoms with Gasteiger partial charge in [-0.3, -0.25) is 19.4 Å². The van der Waals surface area contributed by atoms with Crippen molar-refractivity contribution in [1.29, 1.82) is 0 Å². The van der Waals surface area contributed by atoms with Crippen LogP contribution in [0.1, 0.15) is 34.3 Å². The molecule has 1 fully saturated rings. The summed E-state index contributed by atoms with van der Waals surface area (Å²) in [5, 5.41) is 13.8. The summed E-state index contributed by atoms with van der Waals surface area (Å²) in [6.07, 6.45) is 11.0. The number of nitrogens with zero attached hydrogens (tertiary/aromatic N) is 6. The van der Waals surface area contributed by atoms with Gasteiger partial charge in [0, 0.05) is 48.7 Å². The summed E-state index contributed by atoms with van der Waals surface area (Å²) in [7, 11) is 1.84. The number of rotatable bonds is 7. The number of anilines is 1. The fourth-order valence-corrected chi connectivity index (χ4v) is 5.39. The molecule has 1 aliphatic rings. The molecule has 0 unspecified atom stereocenters. The SMILES string of the molecule is Cn1cc(-c2ccc(C(=O)N(c3nccc4cccc(CCc5cccnc5)c34)[C@@H]3CCCNC3)cc2)nn1. The maximum absolute atomic E-state index is 14.2. The minimum absolute atomic E-state index is 0.00963. The molecule has 0 aliphatic carbocycles. The number of carbonyl (C=O) groups is 1. The molecule has 8 heteroatoms. The van der Waals surface area contributed by atoms with E-state index in [1.165, 1.54) is 11.1 Å². The lowest BCUT2D eigenvalue weighted by atomic mass is 9.97. The summed E-state index contributed by atoms with van der Waals surface area (Å²) < 4.78 is 1.67. The predicted octanol–water partition coefficient (Wildman–Crippen LogP) is 4.61. The van der Waals surface area contributed by atoms with E-state index in [-0.39, 0.29) is 11.9 Å². The molecular weight excluding hydrogens is 486 g/mol. The lowest BCUT2D eigenvalue weighted by Gasteiger charge is -2.35. The summed E-state index contributed by atoms with van der Waals surface area (Å²) in [6, 6.07) is 20.1. The number of hydrogen-bond donors (Lipinski definition) is 1. The molecule has 196 valence electrons. The fraction of sp³-hybridized carbons (Fsp3) is 0.258. The maximum Gasteiger partial charge on any atom is 0.259 e. The van der Waals surface area contributed by atoms with Crippen LogP contribution in [0.3, 0.4) is 0 Å². The fourth-order valence-electron chi connectivity index (χ4n) is 5.39. The number of fused-ring (bicyclic) bond motifs is 1. The van der Waals surface area contributed by atoms with Crippen LogP contribution in [-0.2, 0) is 19.9 Å². The summed E-state index contributed by atoms with van der Waals surface area (Å²) in [5.74, 6) is 0.683. The van der Waals surface area contributed by atoms with E-state index in [0.29, 0.717) is 5.56 Å². The predicted molar refractivity (Wildman–Crippen MR) is 153 cm³/mol. The summed E-state index contributed by atoms with van der Waals surface area (Å²) >= 11 is 0. The first kappa shape index (κ1) is 24.9. The molecule has 8 nitrogen and oxygen atoms in total. The van der Waals surface area contributed by atoms with Gasteiger partial charge < -0.3 is 5.32 Å². The highest BCUT2D eigenvalue weighted by Crippen LogP contribution is 2.32. The van der Waals surface area contributed by atoms with Gasteiger partial charge in [-0.1, -0.05) is 41.6 Å². The Balaban J connectivity index is 1.39. The third-order valence-corrected chi connectivity index (χ3v) is 7.38. The Bertz CT molecular complexity index is 1570. The standard InChI is InChI=1S/C31H31N7O/c1-37-21-28(35-36-37)23-11-13-26(14-12-23)31(39)38(27-8-4-17-33-20-27)30-29-24(6-2-7-25(29)15-18-34-30)10-9-22-5-3-16-32-19-22/h2-3,5-7,11-16,18-19,21,27,33H,4,8-10,17,20H2,1H3/t27-/m1/s1. The van der Waals surface area contributed by atoms with Gasteiger partial charge in [0.1, 0.15) is 11.5 Å². The highest BCUT2D eigenvalue weighted by atomic mass is 16.2. The van der Waals surface area contributed by atoms with Crippen molar-refractivity contribution in [3.63, 3.8) is 0 Å². The van der Waals surface area contributed by atoms with Crippen LogP contribution in [0.25, 0.3) is 22.0 Å². The van der Waals surface area contributed by atoms with Crippen molar-refractivity contribution < 1.29 is 4.79 Å². The normalized spacial score (nSPS) is 15.4. The van der Waals surface area contributed by atoms with E-state index in [9.17, 15) is 4.79 Å². The zero-order valence-electron chi connectivity index (χ0n) is 22.0. The Morgan fingerprint density at radius 3 is 2.69 bits per heavy atom. The van der Waals surface area contributed by atoms with Gasteiger partial charge >= 0.3 is 0 Å². The van der Waals surface area contributed by atoms with Gasteiger partial charge in [0.2, 0.25) is 0 Å². The number of nitrogens with one attached hydrogen (secondary N) is 1. The quantitative estimate of drug-likeness (QED) is 0.339. The first-order valence-corrected chi connectivity index (χ1v) is 13.4. The molecule has 0 bridgehead atoms. The largest absolute Gasteiger partial charge is 0.315 e. The topological polar surface area (TPSA) is 88.8 Å². The Morgan fingerprint density at radius 1 is 1.05 bits per heavy atom. The molecule has 0 radical (unpaired) electrons. The van der Waals surface area contributed by atoms with Gasteiger partial charge in [0.05, 0.1) is 12.2 Å². The van der Waals surface area contributed by atoms with Gasteiger partial charge in [-0.2, -0.15) is 0 Å². The molecule has 1 amide bonds. The number of aryl methyl sites for hydroxylation is 3. The molecule has 0 saturated carbocycles. The van der Waals surface area contributed by atoms with Crippen molar-refractivity contribution in [2.24, 2.45) is 7.05 Å². The molecule has 2 aromatic carbocycles. The molecule has 39 heavy (non-hydrogen) atoms. The lowest BCUT2D eigenvalue weighted by Crippen LogP contribution is -2.49. The number of amides is 1. The number of pyridine rings is 2. The van der Waals surface area contributed by atoms with Crippen molar-refractivity contribution >= 4 is 22.5 Å². The van der Waals surface area contributed by atoms with E-state index in [1.54, 1.807) is 10.9 Å². The zero-order valence-corrected chi connectivity index (χ0v) is 22.0. The van der Waals surface area contributed by atoms with E-state index >= 15 is 0 Å².